The Kier molecular flexibility index (Phi) is 7.93. The van der Waals surface area contributed by atoms with E-state index in [4.69, 9.17) is 9.47 Å². The van der Waals surface area contributed by atoms with Crippen molar-refractivity contribution >= 4 is 33.8 Å². The summed E-state index contributed by atoms with van der Waals surface area (Å²) < 4.78 is 12.2. The molecule has 34 heavy (non-hydrogen) atoms. The molecule has 1 aliphatic heterocycles. The number of amides is 2. The summed E-state index contributed by atoms with van der Waals surface area (Å²) in [5.74, 6) is 0.629. The summed E-state index contributed by atoms with van der Waals surface area (Å²) >= 11 is 3.49. The van der Waals surface area contributed by atoms with Gasteiger partial charge in [0.05, 0.1) is 17.6 Å². The molecule has 2 unspecified atom stereocenters. The minimum Gasteiger partial charge on any atom is -0.496 e. The zero-order valence-corrected chi connectivity index (χ0v) is 21.3. The smallest absolute Gasteiger partial charge is 0.289 e. The van der Waals surface area contributed by atoms with Crippen molar-refractivity contribution in [3.63, 3.8) is 0 Å². The summed E-state index contributed by atoms with van der Waals surface area (Å²) in [6.45, 7) is 2.64. The second-order valence-electron chi connectivity index (χ2n) is 8.93. The van der Waals surface area contributed by atoms with Crippen LogP contribution in [0.15, 0.2) is 52.7 Å². The molecule has 6 nitrogen and oxygen atoms in total. The molecular weight excluding hydrogens is 496 g/mol. The standard InChI is InChI=1S/C27H31BrN2O4/c1-18-7-9-19(10-8-18)13-14-29-26(31)17-30-22-5-3-4-6-24(22)34-25(27(30)32)16-20-11-12-23(33-2)21(28)15-20/h7-12,15-16,22,24H,3-6,13-14,17H2,1-2H3,(H,29,31)/b25-16-. The molecule has 2 atom stereocenters. The molecule has 0 bridgehead atoms. The number of fused-ring (bicyclic) bond motifs is 1. The van der Waals surface area contributed by atoms with E-state index in [1.165, 1.54) is 11.1 Å². The van der Waals surface area contributed by atoms with Gasteiger partial charge in [0.1, 0.15) is 18.4 Å². The van der Waals surface area contributed by atoms with Gasteiger partial charge in [0.2, 0.25) is 5.91 Å². The highest BCUT2D eigenvalue weighted by molar-refractivity contribution is 9.10. The molecule has 7 heteroatoms. The Morgan fingerprint density at radius 1 is 1.21 bits per heavy atom. The van der Waals surface area contributed by atoms with Crippen LogP contribution in [0.2, 0.25) is 0 Å². The summed E-state index contributed by atoms with van der Waals surface area (Å²) in [6, 6.07) is 13.8. The Balaban J connectivity index is 1.44. The number of benzene rings is 2. The fourth-order valence-corrected chi connectivity index (χ4v) is 5.16. The van der Waals surface area contributed by atoms with Crippen LogP contribution in [-0.2, 0) is 20.7 Å². The molecule has 1 aliphatic carbocycles. The van der Waals surface area contributed by atoms with Gasteiger partial charge < -0.3 is 19.7 Å². The Hall–Kier alpha value is -2.80. The lowest BCUT2D eigenvalue weighted by Crippen LogP contribution is -2.57. The Bertz CT molecular complexity index is 1070. The van der Waals surface area contributed by atoms with E-state index in [0.717, 1.165) is 42.1 Å². The van der Waals surface area contributed by atoms with Gasteiger partial charge in [-0.2, -0.15) is 0 Å². The maximum Gasteiger partial charge on any atom is 0.289 e. The number of ether oxygens (including phenoxy) is 2. The normalized spacial score (nSPS) is 21.1. The molecule has 0 aromatic heterocycles. The minimum atomic E-state index is -0.233. The van der Waals surface area contributed by atoms with Gasteiger partial charge in [0, 0.05) is 6.54 Å². The summed E-state index contributed by atoms with van der Waals surface area (Å²) in [4.78, 5) is 27.8. The lowest BCUT2D eigenvalue weighted by atomic mass is 9.89. The van der Waals surface area contributed by atoms with Gasteiger partial charge in [-0.05, 0) is 77.9 Å². The van der Waals surface area contributed by atoms with E-state index in [1.54, 1.807) is 18.1 Å². The average Bonchev–Trinajstić information content (AvgIpc) is 2.83. The van der Waals surface area contributed by atoms with Crippen molar-refractivity contribution in [1.82, 2.24) is 10.2 Å². The summed E-state index contributed by atoms with van der Waals surface area (Å²) in [7, 11) is 1.61. The summed E-state index contributed by atoms with van der Waals surface area (Å²) in [6.07, 6.45) is 6.26. The number of carbonyl (C=O) groups excluding carboxylic acids is 2. The fraction of sp³-hybridized carbons (Fsp3) is 0.407. The number of nitrogens with one attached hydrogen (secondary N) is 1. The molecule has 2 aliphatic rings. The third kappa shape index (κ3) is 5.81. The van der Waals surface area contributed by atoms with Crippen molar-refractivity contribution in [2.24, 2.45) is 0 Å². The maximum atomic E-state index is 13.4. The Morgan fingerprint density at radius 3 is 2.71 bits per heavy atom. The van der Waals surface area contributed by atoms with E-state index in [0.29, 0.717) is 12.3 Å². The number of carbonyl (C=O) groups is 2. The second-order valence-corrected chi connectivity index (χ2v) is 9.78. The SMILES string of the molecule is COc1ccc(/C=C2\OC3CCCCC3N(CC(=O)NCCc3ccc(C)cc3)C2=O)cc1Br. The highest BCUT2D eigenvalue weighted by Crippen LogP contribution is 2.34. The maximum absolute atomic E-state index is 13.4. The molecule has 1 heterocycles. The first-order valence-corrected chi connectivity index (χ1v) is 12.6. The van der Waals surface area contributed by atoms with Gasteiger partial charge in [-0.25, -0.2) is 0 Å². The van der Waals surface area contributed by atoms with Crippen LogP contribution in [0, 0.1) is 6.92 Å². The van der Waals surface area contributed by atoms with Gasteiger partial charge in [0.15, 0.2) is 5.76 Å². The van der Waals surface area contributed by atoms with Crippen molar-refractivity contribution < 1.29 is 19.1 Å². The van der Waals surface area contributed by atoms with Crippen LogP contribution in [0.1, 0.15) is 42.4 Å². The number of nitrogens with zero attached hydrogens (tertiary/aromatic N) is 1. The van der Waals surface area contributed by atoms with Crippen LogP contribution in [0.25, 0.3) is 6.08 Å². The minimum absolute atomic E-state index is 0.0426. The van der Waals surface area contributed by atoms with Crippen LogP contribution in [0.4, 0.5) is 0 Å². The Morgan fingerprint density at radius 2 is 1.97 bits per heavy atom. The number of halogens is 1. The quantitative estimate of drug-likeness (QED) is 0.533. The fourth-order valence-electron chi connectivity index (χ4n) is 4.60. The highest BCUT2D eigenvalue weighted by atomic mass is 79.9. The second kappa shape index (κ2) is 11.1. The van der Waals surface area contributed by atoms with Gasteiger partial charge in [-0.15, -0.1) is 0 Å². The summed E-state index contributed by atoms with van der Waals surface area (Å²) in [5, 5.41) is 2.98. The number of rotatable bonds is 7. The van der Waals surface area contributed by atoms with Crippen LogP contribution in [0.3, 0.4) is 0 Å². The number of aryl methyl sites for hydroxylation is 1. The molecule has 2 amide bonds. The van der Waals surface area contributed by atoms with Crippen LogP contribution >= 0.6 is 15.9 Å². The molecule has 2 aromatic rings. The van der Waals surface area contributed by atoms with Crippen molar-refractivity contribution in [2.75, 3.05) is 20.2 Å². The monoisotopic (exact) mass is 526 g/mol. The van der Waals surface area contributed by atoms with Crippen molar-refractivity contribution in [3.8, 4) is 5.75 Å². The number of morpholine rings is 1. The first-order valence-electron chi connectivity index (χ1n) is 11.8. The van der Waals surface area contributed by atoms with Gasteiger partial charge in [-0.1, -0.05) is 42.3 Å². The summed E-state index contributed by atoms with van der Waals surface area (Å²) in [5.41, 5.74) is 3.22. The van der Waals surface area contributed by atoms with E-state index in [9.17, 15) is 9.59 Å². The lowest BCUT2D eigenvalue weighted by Gasteiger charge is -2.44. The van der Waals surface area contributed by atoms with E-state index in [1.807, 2.05) is 18.2 Å². The average molecular weight is 527 g/mol. The van der Waals surface area contributed by atoms with Gasteiger partial charge >= 0.3 is 0 Å². The first-order chi connectivity index (χ1) is 16.4. The zero-order valence-electron chi connectivity index (χ0n) is 19.7. The molecule has 0 radical (unpaired) electrons. The topological polar surface area (TPSA) is 67.9 Å². The van der Waals surface area contributed by atoms with Crippen LogP contribution in [-0.4, -0.2) is 49.1 Å². The largest absolute Gasteiger partial charge is 0.496 e. The number of hydrogen-bond donors (Lipinski definition) is 1. The third-order valence-corrected chi connectivity index (χ3v) is 7.08. The van der Waals surface area contributed by atoms with Gasteiger partial charge in [-0.3, -0.25) is 9.59 Å². The molecular formula is C27H31BrN2O4. The van der Waals surface area contributed by atoms with E-state index < -0.39 is 0 Å². The molecule has 0 spiro atoms. The van der Waals surface area contributed by atoms with E-state index in [-0.39, 0.29) is 36.3 Å². The third-order valence-electron chi connectivity index (χ3n) is 6.46. The molecule has 1 N–H and O–H groups in total. The van der Waals surface area contributed by atoms with Crippen LogP contribution < -0.4 is 10.1 Å². The van der Waals surface area contributed by atoms with Crippen molar-refractivity contribution in [1.29, 1.82) is 0 Å². The van der Waals surface area contributed by atoms with E-state index >= 15 is 0 Å². The van der Waals surface area contributed by atoms with Crippen LogP contribution in [0.5, 0.6) is 5.75 Å². The molecule has 180 valence electrons. The lowest BCUT2D eigenvalue weighted by molar-refractivity contribution is -0.151. The van der Waals surface area contributed by atoms with Gasteiger partial charge in [0.25, 0.3) is 5.91 Å². The van der Waals surface area contributed by atoms with Crippen molar-refractivity contribution in [2.45, 2.75) is 51.2 Å². The number of hydrogen-bond acceptors (Lipinski definition) is 4. The highest BCUT2D eigenvalue weighted by Gasteiger charge is 2.42. The molecule has 4 rings (SSSR count). The van der Waals surface area contributed by atoms with E-state index in [2.05, 4.69) is 52.4 Å². The molecule has 2 aromatic carbocycles. The molecule has 2 fully saturated rings. The molecule has 1 saturated carbocycles. The predicted octanol–water partition coefficient (Wildman–Crippen LogP) is 4.64. The predicted molar refractivity (Wildman–Crippen MR) is 135 cm³/mol. The Labute approximate surface area is 209 Å². The molecule has 1 saturated heterocycles. The zero-order chi connectivity index (χ0) is 24.1. The number of methoxy groups -OCH3 is 1. The first kappa shape index (κ1) is 24.3. The van der Waals surface area contributed by atoms with Crippen molar-refractivity contribution in [3.05, 3.63) is 69.4 Å².